The fourth-order valence-electron chi connectivity index (χ4n) is 7.15. The van der Waals surface area contributed by atoms with E-state index < -0.39 is 11.7 Å². The van der Waals surface area contributed by atoms with Crippen molar-refractivity contribution < 1.29 is 24.1 Å². The second kappa shape index (κ2) is 5.76. The summed E-state index contributed by atoms with van der Waals surface area (Å²) in [5.41, 5.74) is -1.16. The number of Topliss-reactive ketones (excluding diaryl/α,β-unsaturated/α-hetero) is 1. The van der Waals surface area contributed by atoms with Gasteiger partial charge < -0.3 is 19.3 Å². The number of methoxy groups -OCH3 is 1. The summed E-state index contributed by atoms with van der Waals surface area (Å²) in [7, 11) is 1.67. The minimum Gasteiger partial charge on any atom is -0.385 e. The van der Waals surface area contributed by atoms with Crippen LogP contribution < -0.4 is 0 Å². The molecule has 0 bridgehead atoms. The lowest BCUT2D eigenvalue weighted by Gasteiger charge is -2.64. The molecule has 0 unspecified atom stereocenters. The summed E-state index contributed by atoms with van der Waals surface area (Å²) in [5.74, 6) is -0.404. The van der Waals surface area contributed by atoms with Gasteiger partial charge in [0.2, 0.25) is 0 Å². The molecule has 4 fully saturated rings. The third-order valence-electron chi connectivity index (χ3n) is 8.43. The van der Waals surface area contributed by atoms with Gasteiger partial charge in [0.1, 0.15) is 6.10 Å². The van der Waals surface area contributed by atoms with Crippen LogP contribution in [0.3, 0.4) is 0 Å². The maximum atomic E-state index is 13.1. The lowest BCUT2D eigenvalue weighted by Crippen LogP contribution is -2.70. The molecular weight excluding hydrogens is 332 g/mol. The van der Waals surface area contributed by atoms with Crippen molar-refractivity contribution in [3.8, 4) is 0 Å². The van der Waals surface area contributed by atoms with Gasteiger partial charge >= 0.3 is 0 Å². The summed E-state index contributed by atoms with van der Waals surface area (Å²) in [6, 6.07) is 0. The maximum Gasteiger partial charge on any atom is 0.167 e. The Kier molecular flexibility index (Phi) is 4.17. The Labute approximate surface area is 156 Å². The molecular formula is C21H34O5. The van der Waals surface area contributed by atoms with E-state index in [1.165, 1.54) is 0 Å². The van der Waals surface area contributed by atoms with Crippen LogP contribution in [-0.4, -0.2) is 48.2 Å². The number of carbonyl (C=O) groups excluding carboxylic acids is 1. The first-order valence-electron chi connectivity index (χ1n) is 10.2. The fourth-order valence-corrected chi connectivity index (χ4v) is 7.15. The smallest absolute Gasteiger partial charge is 0.167 e. The summed E-state index contributed by atoms with van der Waals surface area (Å²) < 4.78 is 18.1. The van der Waals surface area contributed by atoms with Gasteiger partial charge in [-0.2, -0.15) is 0 Å². The van der Waals surface area contributed by atoms with Crippen LogP contribution in [0.15, 0.2) is 0 Å². The zero-order valence-electron chi connectivity index (χ0n) is 16.8. The molecule has 0 amide bonds. The molecule has 0 radical (unpaired) electrons. The molecule has 2 heterocycles. The number of fused-ring (bicyclic) bond motifs is 2. The summed E-state index contributed by atoms with van der Waals surface area (Å²) in [6.45, 7) is 9.19. The zero-order valence-corrected chi connectivity index (χ0v) is 16.8. The molecule has 0 aromatic rings. The second-order valence-electron chi connectivity index (χ2n) is 10.2. The molecule has 5 heteroatoms. The third kappa shape index (κ3) is 2.27. The van der Waals surface area contributed by atoms with E-state index in [1.54, 1.807) is 7.11 Å². The van der Waals surface area contributed by atoms with Crippen molar-refractivity contribution in [1.29, 1.82) is 0 Å². The standard InChI is InChI=1S/C21H34O5/c1-13-15(22)16(23)17-18(2,3)7-6-8-19(17,4)21(13)10-9-20(26-21)11-14(24-5)25-12-20/h13-14,16-17,23H,6-12H2,1-5H3/t13-,14+,16-,17+,19+,20+,21-/m1/s1. The minimum absolute atomic E-state index is 0.0401. The van der Waals surface area contributed by atoms with Gasteiger partial charge in [0.25, 0.3) is 0 Å². The first-order valence-corrected chi connectivity index (χ1v) is 10.2. The van der Waals surface area contributed by atoms with E-state index in [1.807, 2.05) is 6.92 Å². The van der Waals surface area contributed by atoms with Gasteiger partial charge in [0.05, 0.1) is 17.8 Å². The number of carbonyl (C=O) groups is 1. The maximum absolute atomic E-state index is 13.1. The van der Waals surface area contributed by atoms with Crippen molar-refractivity contribution in [2.24, 2.45) is 22.7 Å². The van der Waals surface area contributed by atoms with E-state index in [4.69, 9.17) is 14.2 Å². The van der Waals surface area contributed by atoms with E-state index in [2.05, 4.69) is 20.8 Å². The van der Waals surface area contributed by atoms with Crippen LogP contribution in [0.5, 0.6) is 0 Å². The highest BCUT2D eigenvalue weighted by Gasteiger charge is 2.72. The van der Waals surface area contributed by atoms with Crippen LogP contribution in [0.1, 0.15) is 66.2 Å². The summed E-state index contributed by atoms with van der Waals surface area (Å²) in [4.78, 5) is 13.1. The number of hydrogen-bond acceptors (Lipinski definition) is 5. The number of ether oxygens (including phenoxy) is 3. The predicted molar refractivity (Wildman–Crippen MR) is 96.6 cm³/mol. The summed E-state index contributed by atoms with van der Waals surface area (Å²) >= 11 is 0. The molecule has 148 valence electrons. The molecule has 2 saturated carbocycles. The van der Waals surface area contributed by atoms with Crippen LogP contribution in [0.4, 0.5) is 0 Å². The highest BCUT2D eigenvalue weighted by molar-refractivity contribution is 5.88. The van der Waals surface area contributed by atoms with E-state index in [0.29, 0.717) is 6.61 Å². The van der Waals surface area contributed by atoms with E-state index in [-0.39, 0.29) is 40.3 Å². The molecule has 2 aliphatic carbocycles. The van der Waals surface area contributed by atoms with Crippen LogP contribution in [0.2, 0.25) is 0 Å². The molecule has 7 atom stereocenters. The first-order chi connectivity index (χ1) is 12.1. The Morgan fingerprint density at radius 3 is 2.54 bits per heavy atom. The van der Waals surface area contributed by atoms with Gasteiger partial charge in [0.15, 0.2) is 12.1 Å². The Morgan fingerprint density at radius 1 is 1.15 bits per heavy atom. The molecule has 0 aromatic carbocycles. The second-order valence-corrected chi connectivity index (χ2v) is 10.2. The van der Waals surface area contributed by atoms with Gasteiger partial charge in [-0.25, -0.2) is 0 Å². The van der Waals surface area contributed by atoms with Crippen LogP contribution in [0.25, 0.3) is 0 Å². The van der Waals surface area contributed by atoms with Crippen molar-refractivity contribution in [2.75, 3.05) is 13.7 Å². The molecule has 26 heavy (non-hydrogen) atoms. The Morgan fingerprint density at radius 2 is 1.88 bits per heavy atom. The number of aliphatic hydroxyl groups is 1. The highest BCUT2D eigenvalue weighted by Crippen LogP contribution is 2.67. The number of ketones is 1. The molecule has 4 aliphatic rings. The van der Waals surface area contributed by atoms with E-state index in [0.717, 1.165) is 38.5 Å². The largest absolute Gasteiger partial charge is 0.385 e. The van der Waals surface area contributed by atoms with Crippen LogP contribution >= 0.6 is 0 Å². The quantitative estimate of drug-likeness (QED) is 0.773. The molecule has 1 N–H and O–H groups in total. The highest BCUT2D eigenvalue weighted by atomic mass is 16.7. The molecule has 2 spiro atoms. The number of hydrogen-bond donors (Lipinski definition) is 1. The number of aliphatic hydroxyl groups excluding tert-OH is 1. The molecule has 2 aliphatic heterocycles. The van der Waals surface area contributed by atoms with Gasteiger partial charge in [0, 0.05) is 30.8 Å². The normalized spacial score (nSPS) is 53.4. The van der Waals surface area contributed by atoms with E-state index in [9.17, 15) is 9.90 Å². The van der Waals surface area contributed by atoms with Crippen molar-refractivity contribution in [2.45, 2.75) is 89.8 Å². The van der Waals surface area contributed by atoms with Crippen LogP contribution in [-0.2, 0) is 19.0 Å². The average Bonchev–Trinajstić information content (AvgIpc) is 3.16. The van der Waals surface area contributed by atoms with Gasteiger partial charge in [-0.3, -0.25) is 4.79 Å². The third-order valence-corrected chi connectivity index (χ3v) is 8.43. The molecule has 4 rings (SSSR count). The van der Waals surface area contributed by atoms with Crippen molar-refractivity contribution in [3.63, 3.8) is 0 Å². The topological polar surface area (TPSA) is 65.0 Å². The molecule has 0 aromatic heterocycles. The summed E-state index contributed by atoms with van der Waals surface area (Å²) in [5, 5.41) is 11.0. The number of rotatable bonds is 1. The monoisotopic (exact) mass is 366 g/mol. The average molecular weight is 366 g/mol. The lowest BCUT2D eigenvalue weighted by atomic mass is 9.43. The van der Waals surface area contributed by atoms with Gasteiger partial charge in [-0.05, 0) is 31.1 Å². The summed E-state index contributed by atoms with van der Waals surface area (Å²) in [6.07, 6.45) is 4.52. The fraction of sp³-hybridized carbons (Fsp3) is 0.952. The van der Waals surface area contributed by atoms with Crippen LogP contribution in [0, 0.1) is 22.7 Å². The van der Waals surface area contributed by atoms with Crippen molar-refractivity contribution in [3.05, 3.63) is 0 Å². The Bertz CT molecular complexity index is 603. The van der Waals surface area contributed by atoms with Crippen molar-refractivity contribution >= 4 is 5.78 Å². The lowest BCUT2D eigenvalue weighted by molar-refractivity contribution is -0.257. The zero-order chi connectivity index (χ0) is 19.0. The Balaban J connectivity index is 1.76. The predicted octanol–water partition coefficient (Wildman–Crippen LogP) is 3.08. The Hall–Kier alpha value is -0.490. The van der Waals surface area contributed by atoms with E-state index >= 15 is 0 Å². The minimum atomic E-state index is -0.886. The molecule has 2 saturated heterocycles. The molecule has 5 nitrogen and oxygen atoms in total. The van der Waals surface area contributed by atoms with Gasteiger partial charge in [-0.1, -0.05) is 34.1 Å². The first kappa shape index (κ1) is 18.9. The SMILES string of the molecule is CO[C@@H]1C[C@@]2(CC[C@@]3(O2)[C@H](C)C(=O)[C@@H](O)[C@H]2C(C)(C)CCC[C@@]23C)CO1. The van der Waals surface area contributed by atoms with Crippen molar-refractivity contribution in [1.82, 2.24) is 0 Å². The van der Waals surface area contributed by atoms with Gasteiger partial charge in [-0.15, -0.1) is 0 Å².